The molecule has 1 aliphatic carbocycles. The van der Waals surface area contributed by atoms with E-state index in [-0.39, 0.29) is 0 Å². The Morgan fingerprint density at radius 2 is 2.25 bits per heavy atom. The monoisotopic (exact) mass is 237 g/mol. The highest BCUT2D eigenvalue weighted by atomic mass is 32.2. The van der Waals surface area contributed by atoms with Crippen molar-refractivity contribution in [3.05, 3.63) is 17.8 Å². The number of hydrogen-bond acceptors (Lipinski definition) is 3. The Bertz CT molecular complexity index is 361. The second-order valence-corrected chi connectivity index (χ2v) is 5.63. The molecule has 1 fully saturated rings. The van der Waals surface area contributed by atoms with Crippen LogP contribution in [0.4, 0.5) is 0 Å². The van der Waals surface area contributed by atoms with Gasteiger partial charge in [0.2, 0.25) is 5.88 Å². The quantitative estimate of drug-likeness (QED) is 0.729. The van der Waals surface area contributed by atoms with E-state index in [2.05, 4.69) is 31.2 Å². The summed E-state index contributed by atoms with van der Waals surface area (Å²) >= 11 is 1.74. The van der Waals surface area contributed by atoms with Crippen molar-refractivity contribution in [1.29, 1.82) is 0 Å². The van der Waals surface area contributed by atoms with Gasteiger partial charge in [-0.05, 0) is 37.0 Å². The first kappa shape index (κ1) is 11.8. The van der Waals surface area contributed by atoms with Crippen molar-refractivity contribution >= 4 is 11.8 Å². The highest BCUT2D eigenvalue weighted by Gasteiger charge is 2.28. The van der Waals surface area contributed by atoms with Crippen LogP contribution in [0.15, 0.2) is 17.2 Å². The predicted octanol–water partition coefficient (Wildman–Crippen LogP) is 3.72. The van der Waals surface area contributed by atoms with Gasteiger partial charge < -0.3 is 4.74 Å². The smallest absolute Gasteiger partial charge is 0.216 e. The van der Waals surface area contributed by atoms with Crippen LogP contribution in [-0.4, -0.2) is 17.8 Å². The Morgan fingerprint density at radius 3 is 2.81 bits per heavy atom. The summed E-state index contributed by atoms with van der Waals surface area (Å²) in [6.45, 7) is 5.07. The van der Waals surface area contributed by atoms with Gasteiger partial charge in [0.15, 0.2) is 0 Å². The summed E-state index contributed by atoms with van der Waals surface area (Å²) < 4.78 is 5.78. The van der Waals surface area contributed by atoms with Gasteiger partial charge in [-0.15, -0.1) is 11.8 Å². The molecule has 1 aromatic rings. The van der Waals surface area contributed by atoms with E-state index in [1.54, 1.807) is 11.8 Å². The lowest BCUT2D eigenvalue weighted by Gasteiger charge is -2.12. The van der Waals surface area contributed by atoms with Crippen molar-refractivity contribution < 1.29 is 4.74 Å². The molecule has 88 valence electrons. The molecule has 0 unspecified atom stereocenters. The van der Waals surface area contributed by atoms with Gasteiger partial charge >= 0.3 is 0 Å². The summed E-state index contributed by atoms with van der Waals surface area (Å²) in [6.07, 6.45) is 6.57. The van der Waals surface area contributed by atoms with Gasteiger partial charge in [0, 0.05) is 16.7 Å². The summed E-state index contributed by atoms with van der Waals surface area (Å²) in [5.41, 5.74) is 1.31. The third-order valence-electron chi connectivity index (χ3n) is 2.66. The molecule has 1 aliphatic rings. The molecule has 0 aliphatic heterocycles. The average molecular weight is 237 g/mol. The molecule has 1 heterocycles. The lowest BCUT2D eigenvalue weighted by Crippen LogP contribution is -2.07. The summed E-state index contributed by atoms with van der Waals surface area (Å²) in [7, 11) is 0. The van der Waals surface area contributed by atoms with Crippen LogP contribution in [0.25, 0.3) is 0 Å². The van der Waals surface area contributed by atoms with E-state index in [9.17, 15) is 0 Å². The minimum atomic E-state index is 0.550. The van der Waals surface area contributed by atoms with Crippen molar-refractivity contribution in [2.45, 2.75) is 37.5 Å². The molecule has 0 aromatic carbocycles. The Kier molecular flexibility index (Phi) is 3.74. The van der Waals surface area contributed by atoms with Crippen molar-refractivity contribution in [2.75, 3.05) is 12.9 Å². The number of thioether (sulfide) groups is 1. The van der Waals surface area contributed by atoms with Gasteiger partial charge in [-0.2, -0.15) is 0 Å². The van der Waals surface area contributed by atoms with Gasteiger partial charge in [0.1, 0.15) is 0 Å². The number of pyridine rings is 1. The Labute approximate surface area is 102 Å². The molecule has 0 N–H and O–H groups in total. The van der Waals surface area contributed by atoms with Crippen LogP contribution in [0.5, 0.6) is 5.88 Å². The second kappa shape index (κ2) is 5.09. The summed E-state index contributed by atoms with van der Waals surface area (Å²) in [6, 6.07) is 2.24. The molecule has 0 bridgehead atoms. The van der Waals surface area contributed by atoms with Gasteiger partial charge in [0.25, 0.3) is 0 Å². The number of rotatable bonds is 5. The van der Waals surface area contributed by atoms with Crippen LogP contribution in [-0.2, 0) is 0 Å². The highest BCUT2D eigenvalue weighted by Crippen LogP contribution is 2.44. The lowest BCUT2D eigenvalue weighted by molar-refractivity contribution is 0.258. The van der Waals surface area contributed by atoms with Crippen molar-refractivity contribution in [3.63, 3.8) is 0 Å². The zero-order chi connectivity index (χ0) is 11.5. The fourth-order valence-electron chi connectivity index (χ4n) is 1.61. The fraction of sp³-hybridized carbons (Fsp3) is 0.615. The maximum Gasteiger partial charge on any atom is 0.216 e. The van der Waals surface area contributed by atoms with Crippen molar-refractivity contribution in [1.82, 2.24) is 4.98 Å². The Morgan fingerprint density at radius 1 is 1.50 bits per heavy atom. The summed E-state index contributed by atoms with van der Waals surface area (Å²) in [4.78, 5) is 5.67. The largest absolute Gasteiger partial charge is 0.477 e. The van der Waals surface area contributed by atoms with E-state index >= 15 is 0 Å². The number of aromatic nitrogens is 1. The van der Waals surface area contributed by atoms with Gasteiger partial charge in [0.05, 0.1) is 6.61 Å². The van der Waals surface area contributed by atoms with Crippen LogP contribution >= 0.6 is 11.8 Å². The minimum absolute atomic E-state index is 0.550. The highest BCUT2D eigenvalue weighted by molar-refractivity contribution is 7.98. The van der Waals surface area contributed by atoms with E-state index in [1.807, 2.05) is 6.20 Å². The zero-order valence-electron chi connectivity index (χ0n) is 10.2. The topological polar surface area (TPSA) is 22.1 Å². The van der Waals surface area contributed by atoms with Crippen LogP contribution < -0.4 is 4.74 Å². The molecule has 0 atom stereocenters. The van der Waals surface area contributed by atoms with Crippen LogP contribution in [0.3, 0.4) is 0 Å². The van der Waals surface area contributed by atoms with Crippen molar-refractivity contribution in [3.8, 4) is 5.88 Å². The first-order chi connectivity index (χ1) is 7.70. The molecule has 0 saturated heterocycles. The molecule has 2 nitrogen and oxygen atoms in total. The molecular weight excluding hydrogens is 218 g/mol. The first-order valence-corrected chi connectivity index (χ1v) is 7.10. The molecule has 0 spiro atoms. The molecule has 16 heavy (non-hydrogen) atoms. The number of nitrogens with zero attached hydrogens (tertiary/aromatic N) is 1. The number of ether oxygens (including phenoxy) is 1. The van der Waals surface area contributed by atoms with Gasteiger partial charge in [-0.1, -0.05) is 13.8 Å². The van der Waals surface area contributed by atoms with Crippen LogP contribution in [0, 0.1) is 5.92 Å². The minimum Gasteiger partial charge on any atom is -0.477 e. The third kappa shape index (κ3) is 2.91. The maximum atomic E-state index is 5.78. The standard InChI is InChI=1S/C13H19NOS/c1-9(2)8-15-13-12(10-4-5-10)6-11(16-3)7-14-13/h6-7,9-10H,4-5,8H2,1-3H3. The zero-order valence-corrected chi connectivity index (χ0v) is 11.0. The van der Waals surface area contributed by atoms with E-state index in [4.69, 9.17) is 4.74 Å². The number of hydrogen-bond donors (Lipinski definition) is 0. The summed E-state index contributed by atoms with van der Waals surface area (Å²) in [5, 5.41) is 0. The van der Waals surface area contributed by atoms with E-state index < -0.39 is 0 Å². The average Bonchev–Trinajstić information content (AvgIpc) is 3.10. The van der Waals surface area contributed by atoms with Gasteiger partial charge in [-0.25, -0.2) is 4.98 Å². The Hall–Kier alpha value is -0.700. The molecule has 3 heteroatoms. The van der Waals surface area contributed by atoms with E-state index in [0.717, 1.165) is 12.5 Å². The molecule has 1 saturated carbocycles. The molecular formula is C13H19NOS. The SMILES string of the molecule is CSc1cnc(OCC(C)C)c(C2CC2)c1. The summed E-state index contributed by atoms with van der Waals surface area (Å²) in [5.74, 6) is 2.10. The second-order valence-electron chi connectivity index (χ2n) is 4.75. The van der Waals surface area contributed by atoms with E-state index in [0.29, 0.717) is 11.8 Å². The first-order valence-electron chi connectivity index (χ1n) is 5.87. The van der Waals surface area contributed by atoms with Gasteiger partial charge in [-0.3, -0.25) is 0 Å². The van der Waals surface area contributed by atoms with E-state index in [1.165, 1.54) is 23.3 Å². The lowest BCUT2D eigenvalue weighted by atomic mass is 10.2. The Balaban J connectivity index is 2.15. The van der Waals surface area contributed by atoms with Crippen molar-refractivity contribution in [2.24, 2.45) is 5.92 Å². The maximum absolute atomic E-state index is 5.78. The predicted molar refractivity (Wildman–Crippen MR) is 68.3 cm³/mol. The molecule has 0 amide bonds. The van der Waals surface area contributed by atoms with Crippen LogP contribution in [0.2, 0.25) is 0 Å². The third-order valence-corrected chi connectivity index (χ3v) is 3.35. The molecule has 0 radical (unpaired) electrons. The van der Waals surface area contributed by atoms with Crippen LogP contribution in [0.1, 0.15) is 38.2 Å². The normalized spacial score (nSPS) is 15.5. The molecule has 2 rings (SSSR count). The molecule has 1 aromatic heterocycles. The fourth-order valence-corrected chi connectivity index (χ4v) is 2.02.